The number of ether oxygens (including phenoxy) is 1. The van der Waals surface area contributed by atoms with Gasteiger partial charge in [-0.15, -0.1) is 0 Å². The number of methoxy groups -OCH3 is 1. The number of allylic oxidation sites excluding steroid dienone is 4. The zero-order chi connectivity index (χ0) is 36.0. The van der Waals surface area contributed by atoms with Gasteiger partial charge in [0.2, 0.25) is 5.95 Å². The first-order chi connectivity index (χ1) is 24.3. The Labute approximate surface area is 301 Å². The number of benzene rings is 2. The number of hydrogen-bond donors (Lipinski definition) is 2. The van der Waals surface area contributed by atoms with E-state index in [9.17, 15) is 0 Å². The summed E-state index contributed by atoms with van der Waals surface area (Å²) in [6.07, 6.45) is 18.5. The summed E-state index contributed by atoms with van der Waals surface area (Å²) >= 11 is 0. The van der Waals surface area contributed by atoms with E-state index in [1.165, 1.54) is 47.1 Å². The minimum atomic E-state index is 0.307. The SMILES string of the molecule is C/C=C\C=NC(=C(C)CC)C1=C(c2ccnc(Nc3cc(N)c(CCCCCN(C)C)cc3OC)n2)c2cccc(CCCC)c2CC1CC. The molecule has 0 saturated heterocycles. The zero-order valence-corrected chi connectivity index (χ0v) is 31.9. The zero-order valence-electron chi connectivity index (χ0n) is 31.9. The number of aliphatic imine (C=N–C) groups is 1. The van der Waals surface area contributed by atoms with Crippen LogP contribution in [0.25, 0.3) is 5.57 Å². The molecule has 0 fully saturated rings. The Bertz CT molecular complexity index is 1700. The van der Waals surface area contributed by atoms with Gasteiger partial charge in [0, 0.05) is 23.7 Å². The third-order valence-corrected chi connectivity index (χ3v) is 9.81. The fraction of sp³-hybridized carbons (Fsp3) is 0.465. The summed E-state index contributed by atoms with van der Waals surface area (Å²) in [6, 6.07) is 12.9. The monoisotopic (exact) mass is 676 g/mol. The van der Waals surface area contributed by atoms with Crippen molar-refractivity contribution in [2.24, 2.45) is 10.9 Å². The van der Waals surface area contributed by atoms with Crippen LogP contribution in [0.2, 0.25) is 0 Å². The van der Waals surface area contributed by atoms with Gasteiger partial charge in [-0.2, -0.15) is 0 Å². The average Bonchev–Trinajstić information content (AvgIpc) is 3.12. The van der Waals surface area contributed by atoms with E-state index in [1.54, 1.807) is 7.11 Å². The second-order valence-electron chi connectivity index (χ2n) is 13.7. The number of unbranched alkanes of at least 4 members (excludes halogenated alkanes) is 3. The van der Waals surface area contributed by atoms with E-state index in [0.29, 0.717) is 11.9 Å². The predicted octanol–water partition coefficient (Wildman–Crippen LogP) is 10.1. The van der Waals surface area contributed by atoms with E-state index < -0.39 is 0 Å². The molecule has 1 aliphatic rings. The molecule has 0 aliphatic heterocycles. The van der Waals surface area contributed by atoms with Gasteiger partial charge in [-0.1, -0.05) is 57.9 Å². The fourth-order valence-electron chi connectivity index (χ4n) is 6.85. The number of fused-ring (bicyclic) bond motifs is 1. The lowest BCUT2D eigenvalue weighted by atomic mass is 9.73. The van der Waals surface area contributed by atoms with Crippen molar-refractivity contribution in [3.8, 4) is 5.75 Å². The van der Waals surface area contributed by atoms with Gasteiger partial charge in [0.15, 0.2) is 0 Å². The summed E-state index contributed by atoms with van der Waals surface area (Å²) in [7, 11) is 5.93. The first kappa shape index (κ1) is 38.6. The van der Waals surface area contributed by atoms with Gasteiger partial charge < -0.3 is 20.7 Å². The van der Waals surface area contributed by atoms with Gasteiger partial charge in [0.05, 0.1) is 24.2 Å². The van der Waals surface area contributed by atoms with E-state index in [0.717, 1.165) is 91.1 Å². The Morgan fingerprint density at radius 1 is 1.06 bits per heavy atom. The largest absolute Gasteiger partial charge is 0.495 e. The number of aromatic nitrogens is 2. The number of rotatable bonds is 18. The summed E-state index contributed by atoms with van der Waals surface area (Å²) in [4.78, 5) is 17.2. The lowest BCUT2D eigenvalue weighted by Gasteiger charge is -2.32. The van der Waals surface area contributed by atoms with Crippen LogP contribution < -0.4 is 15.8 Å². The van der Waals surface area contributed by atoms with Gasteiger partial charge >= 0.3 is 0 Å². The van der Waals surface area contributed by atoms with Crippen molar-refractivity contribution in [2.45, 2.75) is 98.8 Å². The number of nitrogens with one attached hydrogen (secondary N) is 1. The van der Waals surface area contributed by atoms with Crippen molar-refractivity contribution >= 4 is 29.1 Å². The summed E-state index contributed by atoms with van der Waals surface area (Å²) in [5.74, 6) is 1.54. The van der Waals surface area contributed by atoms with Gasteiger partial charge in [-0.25, -0.2) is 9.97 Å². The van der Waals surface area contributed by atoms with Gasteiger partial charge in [0.25, 0.3) is 0 Å². The van der Waals surface area contributed by atoms with Crippen LogP contribution in [-0.4, -0.2) is 48.8 Å². The van der Waals surface area contributed by atoms with E-state index in [1.807, 2.05) is 43.6 Å². The number of nitrogens with two attached hydrogens (primary N) is 1. The van der Waals surface area contributed by atoms with E-state index in [-0.39, 0.29) is 0 Å². The Morgan fingerprint density at radius 3 is 2.56 bits per heavy atom. The first-order valence-corrected chi connectivity index (χ1v) is 18.7. The van der Waals surface area contributed by atoms with Crippen LogP contribution in [0.3, 0.4) is 0 Å². The van der Waals surface area contributed by atoms with Crippen LogP contribution in [0.1, 0.15) is 108 Å². The number of aryl methyl sites for hydroxylation is 2. The highest BCUT2D eigenvalue weighted by Gasteiger charge is 2.32. The molecule has 2 aromatic carbocycles. The van der Waals surface area contributed by atoms with Crippen LogP contribution in [0.15, 0.2) is 76.6 Å². The maximum absolute atomic E-state index is 6.61. The predicted molar refractivity (Wildman–Crippen MR) is 214 cm³/mol. The van der Waals surface area contributed by atoms with Crippen molar-refractivity contribution in [3.63, 3.8) is 0 Å². The van der Waals surface area contributed by atoms with Gasteiger partial charge in [-0.05, 0) is 149 Å². The third kappa shape index (κ3) is 9.72. The second-order valence-corrected chi connectivity index (χ2v) is 13.7. The molecule has 3 aromatic rings. The van der Waals surface area contributed by atoms with Crippen molar-refractivity contribution in [1.82, 2.24) is 14.9 Å². The number of nitrogens with zero attached hydrogens (tertiary/aromatic N) is 4. The van der Waals surface area contributed by atoms with Gasteiger partial charge in [-0.3, -0.25) is 4.99 Å². The summed E-state index contributed by atoms with van der Waals surface area (Å²) < 4.78 is 5.86. The molecule has 0 spiro atoms. The van der Waals surface area contributed by atoms with Crippen molar-refractivity contribution in [2.75, 3.05) is 38.8 Å². The molecule has 0 radical (unpaired) electrons. The molecule has 0 amide bonds. The molecule has 7 heteroatoms. The van der Waals surface area contributed by atoms with Crippen LogP contribution in [0, 0.1) is 5.92 Å². The number of hydrogen-bond acceptors (Lipinski definition) is 7. The fourth-order valence-corrected chi connectivity index (χ4v) is 6.85. The molecule has 268 valence electrons. The Morgan fingerprint density at radius 2 is 1.86 bits per heavy atom. The van der Waals surface area contributed by atoms with Crippen LogP contribution in [-0.2, 0) is 19.3 Å². The summed E-state index contributed by atoms with van der Waals surface area (Å²) in [5, 5.41) is 3.46. The lowest BCUT2D eigenvalue weighted by molar-refractivity contribution is 0.391. The minimum absolute atomic E-state index is 0.307. The van der Waals surface area contributed by atoms with Crippen molar-refractivity contribution in [3.05, 3.63) is 99.5 Å². The number of nitrogen functional groups attached to an aromatic ring is 1. The molecule has 0 saturated carbocycles. The van der Waals surface area contributed by atoms with E-state index >= 15 is 0 Å². The highest BCUT2D eigenvalue weighted by Crippen LogP contribution is 2.45. The normalized spacial score (nSPS) is 15.3. The summed E-state index contributed by atoms with van der Waals surface area (Å²) in [5.41, 5.74) is 19.0. The van der Waals surface area contributed by atoms with Crippen LogP contribution >= 0.6 is 0 Å². The first-order valence-electron chi connectivity index (χ1n) is 18.7. The average molecular weight is 677 g/mol. The standard InChI is InChI=1S/C43H60N6O/c1-9-13-19-32-21-18-22-34-35(32)27-31(12-4)40(42(30(5)11-3)45-24-14-10-2)41(34)37-23-25-46-43(47-37)48-38-29-36(44)33(28-39(38)50-8)20-16-15-17-26-49(6)7/h10,14,18,21-25,28-29,31H,9,11-13,15-17,19-20,26-27,44H2,1-8H3,(H,46,47,48)/b14-10-,42-30?,45-24?. The highest BCUT2D eigenvalue weighted by atomic mass is 16.5. The maximum Gasteiger partial charge on any atom is 0.227 e. The molecule has 1 aromatic heterocycles. The molecular formula is C43H60N6O. The molecule has 1 heterocycles. The molecular weight excluding hydrogens is 617 g/mol. The molecule has 1 aliphatic carbocycles. The Kier molecular flexibility index (Phi) is 14.8. The van der Waals surface area contributed by atoms with Crippen LogP contribution in [0.5, 0.6) is 5.75 Å². The van der Waals surface area contributed by atoms with Crippen molar-refractivity contribution < 1.29 is 4.74 Å². The van der Waals surface area contributed by atoms with E-state index in [4.69, 9.17) is 20.4 Å². The smallest absolute Gasteiger partial charge is 0.227 e. The van der Waals surface area contributed by atoms with Gasteiger partial charge in [0.1, 0.15) is 5.75 Å². The Hall–Kier alpha value is -4.23. The summed E-state index contributed by atoms with van der Waals surface area (Å²) in [6.45, 7) is 12.1. The molecule has 4 rings (SSSR count). The maximum atomic E-state index is 6.61. The molecule has 50 heavy (non-hydrogen) atoms. The third-order valence-electron chi connectivity index (χ3n) is 9.81. The lowest BCUT2D eigenvalue weighted by Crippen LogP contribution is -2.20. The molecule has 1 atom stereocenters. The topological polar surface area (TPSA) is 88.7 Å². The quantitative estimate of drug-likeness (QED) is 0.0792. The van der Waals surface area contributed by atoms with E-state index in [2.05, 4.69) is 81.3 Å². The molecule has 7 nitrogen and oxygen atoms in total. The molecule has 1 unspecified atom stereocenters. The Balaban J connectivity index is 1.82. The minimum Gasteiger partial charge on any atom is -0.495 e. The molecule has 0 bridgehead atoms. The highest BCUT2D eigenvalue weighted by molar-refractivity contribution is 5.88. The number of anilines is 3. The second kappa shape index (κ2) is 19.2. The van der Waals surface area contributed by atoms with Crippen molar-refractivity contribution in [1.29, 1.82) is 0 Å². The van der Waals surface area contributed by atoms with Crippen LogP contribution in [0.4, 0.5) is 17.3 Å². The molecule has 3 N–H and O–H groups in total.